The minimum absolute atomic E-state index is 0.425. The highest BCUT2D eigenvalue weighted by Gasteiger charge is 2.06. The van der Waals surface area contributed by atoms with Gasteiger partial charge in [0.25, 0.3) is 0 Å². The molecule has 0 heterocycles. The summed E-state index contributed by atoms with van der Waals surface area (Å²) in [6, 6.07) is 16.0. The molecule has 0 radical (unpaired) electrons. The van der Waals surface area contributed by atoms with Crippen LogP contribution in [0.5, 0.6) is 0 Å². The lowest BCUT2D eigenvalue weighted by atomic mass is 10.2. The molecule has 0 atom stereocenters. The first kappa shape index (κ1) is 12.8. The van der Waals surface area contributed by atoms with Crippen LogP contribution in [0, 0.1) is 12.1 Å². The summed E-state index contributed by atoms with van der Waals surface area (Å²) in [4.78, 5) is 11.7. The first-order valence-electron chi connectivity index (χ1n) is 5.89. The lowest BCUT2D eigenvalue weighted by Crippen LogP contribution is -2.17. The number of nitrogens with zero attached hydrogens (tertiary/aromatic N) is 1. The molecule has 4 heteroatoms. The molecule has 1 amide bonds. The minimum Gasteiger partial charge on any atom is -0.618 e. The average Bonchev–Trinajstić information content (AvgIpc) is 2.40. The Balaban J connectivity index is 2.08. The van der Waals surface area contributed by atoms with Crippen LogP contribution in [0.2, 0.25) is 0 Å². The van der Waals surface area contributed by atoms with Crippen molar-refractivity contribution in [2.24, 2.45) is 0 Å². The number of carbonyl (C=O) groups is 1. The van der Waals surface area contributed by atoms with Gasteiger partial charge in [-0.15, -0.1) is 0 Å². The van der Waals surface area contributed by atoms with Crippen molar-refractivity contribution in [1.29, 1.82) is 0 Å². The van der Waals surface area contributed by atoms with E-state index in [1.165, 1.54) is 0 Å². The van der Waals surface area contributed by atoms with E-state index in [2.05, 4.69) is 5.32 Å². The fourth-order valence-electron chi connectivity index (χ4n) is 1.57. The second-order valence-electron chi connectivity index (χ2n) is 4.15. The van der Waals surface area contributed by atoms with E-state index in [9.17, 15) is 10.0 Å². The number of hydrogen-bond acceptors (Lipinski definition) is 2. The molecule has 0 unspecified atom stereocenters. The number of amides is 1. The predicted molar refractivity (Wildman–Crippen MR) is 75.6 cm³/mol. The highest BCUT2D eigenvalue weighted by Crippen LogP contribution is 2.11. The average molecular weight is 254 g/mol. The van der Waals surface area contributed by atoms with Gasteiger partial charge in [-0.3, -0.25) is 4.79 Å². The summed E-state index contributed by atoms with van der Waals surface area (Å²) in [5, 5.41) is 14.4. The van der Waals surface area contributed by atoms with E-state index in [-0.39, 0.29) is 0 Å². The molecular weight excluding hydrogens is 240 g/mol. The van der Waals surface area contributed by atoms with Gasteiger partial charge < -0.3 is 10.5 Å². The molecule has 0 saturated heterocycles. The Morgan fingerprint density at radius 1 is 1.11 bits per heavy atom. The Kier molecular flexibility index (Phi) is 3.93. The third kappa shape index (κ3) is 3.67. The molecule has 0 aromatic heterocycles. The normalized spacial score (nSPS) is 11.1. The fraction of sp³-hybridized carbons (Fsp3) is 0.0667. The van der Waals surface area contributed by atoms with Crippen LogP contribution in [-0.4, -0.2) is 16.9 Å². The van der Waals surface area contributed by atoms with Crippen molar-refractivity contribution in [2.45, 2.75) is 6.92 Å². The lowest BCUT2D eigenvalue weighted by molar-refractivity contribution is -0.354. The maximum absolute atomic E-state index is 11.8. The second kappa shape index (κ2) is 5.82. The molecule has 1 N–H and O–H groups in total. The van der Waals surface area contributed by atoms with Gasteiger partial charge in [-0.05, 0) is 19.1 Å². The van der Waals surface area contributed by atoms with Gasteiger partial charge >= 0.3 is 5.91 Å². The van der Waals surface area contributed by atoms with Crippen LogP contribution < -0.4 is 5.32 Å². The van der Waals surface area contributed by atoms with Gasteiger partial charge in [-0.1, -0.05) is 35.9 Å². The maximum Gasteiger partial charge on any atom is 0.313 e. The molecule has 96 valence electrons. The van der Waals surface area contributed by atoms with Crippen LogP contribution >= 0.6 is 0 Å². The van der Waals surface area contributed by atoms with Crippen LogP contribution in [0.1, 0.15) is 5.56 Å². The first-order chi connectivity index (χ1) is 9.15. The Hall–Kier alpha value is -2.62. The molecule has 0 fully saturated rings. The van der Waals surface area contributed by atoms with Crippen LogP contribution in [0.3, 0.4) is 0 Å². The summed E-state index contributed by atoms with van der Waals surface area (Å²) in [6.07, 6.45) is 0.984. The van der Waals surface area contributed by atoms with E-state index in [4.69, 9.17) is 0 Å². The van der Waals surface area contributed by atoms with Crippen LogP contribution in [0.15, 0.2) is 54.6 Å². The fourth-order valence-corrected chi connectivity index (χ4v) is 1.57. The Labute approximate surface area is 111 Å². The molecule has 2 aromatic rings. The molecule has 0 aliphatic carbocycles. The van der Waals surface area contributed by atoms with Gasteiger partial charge in [-0.2, -0.15) is 4.74 Å². The van der Waals surface area contributed by atoms with Gasteiger partial charge in [0, 0.05) is 17.8 Å². The van der Waals surface area contributed by atoms with Gasteiger partial charge in [0.15, 0.2) is 0 Å². The van der Waals surface area contributed by atoms with Gasteiger partial charge in [0.05, 0.1) is 0 Å². The smallest absolute Gasteiger partial charge is 0.313 e. The zero-order chi connectivity index (χ0) is 13.7. The van der Waals surface area contributed by atoms with Crippen LogP contribution in [0.25, 0.3) is 0 Å². The molecule has 0 spiro atoms. The molecule has 2 rings (SSSR count). The lowest BCUT2D eigenvalue weighted by Gasteiger charge is -2.04. The zero-order valence-electron chi connectivity index (χ0n) is 10.5. The molecule has 0 bridgehead atoms. The van der Waals surface area contributed by atoms with Gasteiger partial charge in [-0.25, -0.2) is 0 Å². The topological polar surface area (TPSA) is 55.2 Å². The van der Waals surface area contributed by atoms with E-state index >= 15 is 0 Å². The van der Waals surface area contributed by atoms with Crippen molar-refractivity contribution in [2.75, 3.05) is 5.32 Å². The van der Waals surface area contributed by atoms with Crippen LogP contribution in [0.4, 0.5) is 11.4 Å². The van der Waals surface area contributed by atoms with Crippen LogP contribution in [-0.2, 0) is 4.79 Å². The van der Waals surface area contributed by atoms with Gasteiger partial charge in [0.1, 0.15) is 0 Å². The number of carbonyl (C=O) groups excluding carboxylic acids is 1. The molecule has 0 aliphatic heterocycles. The van der Waals surface area contributed by atoms with Crippen molar-refractivity contribution in [3.63, 3.8) is 0 Å². The van der Waals surface area contributed by atoms with E-state index in [1.807, 2.05) is 37.3 Å². The van der Waals surface area contributed by atoms with E-state index in [0.29, 0.717) is 16.1 Å². The number of benzene rings is 2. The first-order valence-corrected chi connectivity index (χ1v) is 5.89. The maximum atomic E-state index is 11.8. The predicted octanol–water partition coefficient (Wildman–Crippen LogP) is 2.85. The monoisotopic (exact) mass is 254 g/mol. The van der Waals surface area contributed by atoms with Crippen molar-refractivity contribution in [1.82, 2.24) is 0 Å². The number of para-hydroxylation sites is 1. The van der Waals surface area contributed by atoms with E-state index in [1.54, 1.807) is 24.3 Å². The second-order valence-corrected chi connectivity index (χ2v) is 4.15. The summed E-state index contributed by atoms with van der Waals surface area (Å²) in [5.41, 5.74) is 2.14. The van der Waals surface area contributed by atoms with Gasteiger partial charge in [0.2, 0.25) is 11.9 Å². The number of hydrogen-bond donors (Lipinski definition) is 1. The molecule has 0 aliphatic rings. The Bertz CT molecular complexity index is 589. The van der Waals surface area contributed by atoms with Crippen molar-refractivity contribution in [3.05, 3.63) is 65.4 Å². The molecule has 19 heavy (non-hydrogen) atoms. The minimum atomic E-state index is -0.457. The van der Waals surface area contributed by atoms with Crippen molar-refractivity contribution < 1.29 is 9.53 Å². The number of nitrogens with one attached hydrogen (secondary N) is 1. The largest absolute Gasteiger partial charge is 0.618 e. The molecule has 4 nitrogen and oxygen atoms in total. The SMILES string of the molecule is Cc1ccc(/[N+]([O-])=C/C(=O)Nc2ccccc2)cc1. The standard InChI is InChI=1S/C15H14N2O2/c1-12-7-9-14(10-8-12)17(19)11-15(18)16-13-5-3-2-4-6-13/h2-11H,1H3,(H,16,18)/b17-11-. The summed E-state index contributed by atoms with van der Waals surface area (Å²) < 4.78 is 0.553. The molecular formula is C15H14N2O2. The summed E-state index contributed by atoms with van der Waals surface area (Å²) in [5.74, 6) is -0.457. The van der Waals surface area contributed by atoms with Crippen molar-refractivity contribution >= 4 is 23.5 Å². The van der Waals surface area contributed by atoms with E-state index in [0.717, 1.165) is 11.8 Å². The third-order valence-electron chi connectivity index (χ3n) is 2.56. The molecule has 2 aromatic carbocycles. The zero-order valence-corrected chi connectivity index (χ0v) is 10.5. The van der Waals surface area contributed by atoms with Crippen molar-refractivity contribution in [3.8, 4) is 0 Å². The highest BCUT2D eigenvalue weighted by molar-refractivity contribution is 6.30. The molecule has 0 saturated carbocycles. The number of rotatable bonds is 3. The van der Waals surface area contributed by atoms with E-state index < -0.39 is 5.91 Å². The summed E-state index contributed by atoms with van der Waals surface area (Å²) >= 11 is 0. The third-order valence-corrected chi connectivity index (χ3v) is 2.56. The Morgan fingerprint density at radius 2 is 1.74 bits per heavy atom. The highest BCUT2D eigenvalue weighted by atomic mass is 16.5. The number of anilines is 1. The summed E-state index contributed by atoms with van der Waals surface area (Å²) in [7, 11) is 0. The Morgan fingerprint density at radius 3 is 2.37 bits per heavy atom. The quantitative estimate of drug-likeness (QED) is 0.396. The summed E-state index contributed by atoms with van der Waals surface area (Å²) in [6.45, 7) is 1.94. The number of aryl methyl sites for hydroxylation is 1.